The average Bonchev–Trinajstić information content (AvgIpc) is 2.27. The molecule has 4 heteroatoms. The second-order valence-electron chi connectivity index (χ2n) is 5.63. The number of ether oxygens (including phenoxy) is 1. The zero-order valence-corrected chi connectivity index (χ0v) is 11.2. The zero-order valence-electron chi connectivity index (χ0n) is 11.2. The highest BCUT2D eigenvalue weighted by molar-refractivity contribution is 4.86. The van der Waals surface area contributed by atoms with Crippen molar-refractivity contribution >= 4 is 0 Å². The summed E-state index contributed by atoms with van der Waals surface area (Å²) < 4.78 is 4.96. The van der Waals surface area contributed by atoms with Gasteiger partial charge in [0.2, 0.25) is 0 Å². The topological polar surface area (TPSA) is 61.7 Å². The van der Waals surface area contributed by atoms with Gasteiger partial charge in [0.05, 0.1) is 11.2 Å². The molecule has 0 bridgehead atoms. The molecular weight excluding hydrogens is 218 g/mol. The highest BCUT2D eigenvalue weighted by Gasteiger charge is 2.29. The first-order chi connectivity index (χ1) is 7.97. The SMILES string of the molecule is COCCC(C)(O)CNCC1(O)CCCCC1. The summed E-state index contributed by atoms with van der Waals surface area (Å²) >= 11 is 0. The quantitative estimate of drug-likeness (QED) is 0.627. The number of rotatable bonds is 7. The highest BCUT2D eigenvalue weighted by atomic mass is 16.5. The van der Waals surface area contributed by atoms with Crippen LogP contribution >= 0.6 is 0 Å². The molecule has 1 saturated carbocycles. The third-order valence-electron chi connectivity index (χ3n) is 3.59. The minimum atomic E-state index is -0.763. The summed E-state index contributed by atoms with van der Waals surface area (Å²) in [6.07, 6.45) is 5.81. The number of aliphatic hydroxyl groups is 2. The maximum absolute atomic E-state index is 10.3. The van der Waals surface area contributed by atoms with Crippen molar-refractivity contribution in [3.05, 3.63) is 0 Å². The number of nitrogens with one attached hydrogen (secondary N) is 1. The second-order valence-corrected chi connectivity index (χ2v) is 5.63. The van der Waals surface area contributed by atoms with E-state index in [9.17, 15) is 10.2 Å². The van der Waals surface area contributed by atoms with E-state index >= 15 is 0 Å². The molecule has 0 heterocycles. The van der Waals surface area contributed by atoms with Crippen molar-refractivity contribution in [2.45, 2.75) is 56.7 Å². The lowest BCUT2D eigenvalue weighted by molar-refractivity contribution is -0.00929. The van der Waals surface area contributed by atoms with Crippen LogP contribution in [0.2, 0.25) is 0 Å². The summed E-state index contributed by atoms with van der Waals surface area (Å²) in [4.78, 5) is 0. The van der Waals surface area contributed by atoms with Gasteiger partial charge in [0, 0.05) is 33.2 Å². The first kappa shape index (κ1) is 14.9. The Kier molecular flexibility index (Phi) is 5.86. The van der Waals surface area contributed by atoms with Gasteiger partial charge in [0.15, 0.2) is 0 Å². The monoisotopic (exact) mass is 245 g/mol. The van der Waals surface area contributed by atoms with Crippen molar-refractivity contribution in [3.63, 3.8) is 0 Å². The first-order valence-electron chi connectivity index (χ1n) is 6.62. The fourth-order valence-electron chi connectivity index (χ4n) is 2.36. The van der Waals surface area contributed by atoms with E-state index in [1.165, 1.54) is 6.42 Å². The van der Waals surface area contributed by atoms with Gasteiger partial charge in [0.25, 0.3) is 0 Å². The fourth-order valence-corrected chi connectivity index (χ4v) is 2.36. The Morgan fingerprint density at radius 3 is 2.53 bits per heavy atom. The van der Waals surface area contributed by atoms with Gasteiger partial charge in [-0.15, -0.1) is 0 Å². The summed E-state index contributed by atoms with van der Waals surface area (Å²) in [6.45, 7) is 3.43. The van der Waals surface area contributed by atoms with E-state index < -0.39 is 11.2 Å². The van der Waals surface area contributed by atoms with E-state index in [0.29, 0.717) is 26.1 Å². The Bertz CT molecular complexity index is 213. The number of hydrogen-bond donors (Lipinski definition) is 3. The summed E-state index contributed by atoms with van der Waals surface area (Å²) in [7, 11) is 1.63. The molecule has 0 spiro atoms. The van der Waals surface area contributed by atoms with Crippen LogP contribution in [0.25, 0.3) is 0 Å². The Morgan fingerprint density at radius 2 is 1.94 bits per heavy atom. The van der Waals surface area contributed by atoms with Crippen LogP contribution in [0.3, 0.4) is 0 Å². The van der Waals surface area contributed by atoms with Crippen LogP contribution in [0.15, 0.2) is 0 Å². The van der Waals surface area contributed by atoms with E-state index in [0.717, 1.165) is 25.7 Å². The summed E-state index contributed by atoms with van der Waals surface area (Å²) in [5.41, 5.74) is -1.32. The van der Waals surface area contributed by atoms with Gasteiger partial charge >= 0.3 is 0 Å². The molecule has 0 aromatic carbocycles. The molecule has 1 fully saturated rings. The smallest absolute Gasteiger partial charge is 0.0771 e. The lowest BCUT2D eigenvalue weighted by Crippen LogP contribution is -2.47. The van der Waals surface area contributed by atoms with Gasteiger partial charge in [-0.25, -0.2) is 0 Å². The molecule has 0 saturated heterocycles. The zero-order chi connectivity index (χ0) is 12.8. The van der Waals surface area contributed by atoms with Crippen LogP contribution in [0.4, 0.5) is 0 Å². The van der Waals surface area contributed by atoms with Gasteiger partial charge < -0.3 is 20.3 Å². The molecule has 1 atom stereocenters. The molecule has 0 radical (unpaired) electrons. The Balaban J connectivity index is 2.21. The molecule has 0 amide bonds. The van der Waals surface area contributed by atoms with Crippen molar-refractivity contribution in [2.24, 2.45) is 0 Å². The van der Waals surface area contributed by atoms with E-state index in [4.69, 9.17) is 4.74 Å². The molecule has 0 aromatic heterocycles. The molecule has 3 N–H and O–H groups in total. The van der Waals surface area contributed by atoms with E-state index in [1.54, 1.807) is 14.0 Å². The predicted octanol–water partition coefficient (Wildman–Crippen LogP) is 1.06. The van der Waals surface area contributed by atoms with Crippen molar-refractivity contribution in [3.8, 4) is 0 Å². The Morgan fingerprint density at radius 1 is 1.29 bits per heavy atom. The standard InChI is InChI=1S/C13H27NO3/c1-12(15,8-9-17-2)10-14-11-13(16)6-4-3-5-7-13/h14-16H,3-11H2,1-2H3. The van der Waals surface area contributed by atoms with Crippen molar-refractivity contribution in [1.29, 1.82) is 0 Å². The Hall–Kier alpha value is -0.160. The molecule has 1 aliphatic carbocycles. The normalized spacial score (nSPS) is 23.3. The minimum absolute atomic E-state index is 0.499. The van der Waals surface area contributed by atoms with Gasteiger partial charge in [-0.1, -0.05) is 19.3 Å². The number of methoxy groups -OCH3 is 1. The van der Waals surface area contributed by atoms with Crippen LogP contribution in [-0.2, 0) is 4.74 Å². The first-order valence-corrected chi connectivity index (χ1v) is 6.62. The van der Waals surface area contributed by atoms with Crippen molar-refractivity contribution in [2.75, 3.05) is 26.8 Å². The molecule has 102 valence electrons. The molecular formula is C13H27NO3. The molecule has 1 rings (SSSR count). The molecule has 17 heavy (non-hydrogen) atoms. The molecule has 4 nitrogen and oxygen atoms in total. The van der Waals surface area contributed by atoms with Gasteiger partial charge in [-0.3, -0.25) is 0 Å². The van der Waals surface area contributed by atoms with Crippen LogP contribution < -0.4 is 5.32 Å². The maximum Gasteiger partial charge on any atom is 0.0771 e. The summed E-state index contributed by atoms with van der Waals surface area (Å²) in [6, 6.07) is 0. The largest absolute Gasteiger partial charge is 0.389 e. The minimum Gasteiger partial charge on any atom is -0.389 e. The molecule has 1 unspecified atom stereocenters. The van der Waals surface area contributed by atoms with Crippen molar-refractivity contribution in [1.82, 2.24) is 5.32 Å². The van der Waals surface area contributed by atoms with Gasteiger partial charge in [-0.05, 0) is 19.8 Å². The van der Waals surface area contributed by atoms with E-state index in [2.05, 4.69) is 5.32 Å². The summed E-state index contributed by atoms with van der Waals surface area (Å²) in [5.74, 6) is 0. The van der Waals surface area contributed by atoms with Crippen LogP contribution in [-0.4, -0.2) is 48.2 Å². The highest BCUT2D eigenvalue weighted by Crippen LogP contribution is 2.27. The maximum atomic E-state index is 10.3. The van der Waals surface area contributed by atoms with Crippen LogP contribution in [0.5, 0.6) is 0 Å². The average molecular weight is 245 g/mol. The second kappa shape index (κ2) is 6.69. The van der Waals surface area contributed by atoms with Gasteiger partial charge in [-0.2, -0.15) is 0 Å². The van der Waals surface area contributed by atoms with E-state index in [-0.39, 0.29) is 0 Å². The lowest BCUT2D eigenvalue weighted by atomic mass is 9.85. The predicted molar refractivity (Wildman–Crippen MR) is 68.0 cm³/mol. The van der Waals surface area contributed by atoms with Crippen LogP contribution in [0, 0.1) is 0 Å². The van der Waals surface area contributed by atoms with Crippen LogP contribution in [0.1, 0.15) is 45.4 Å². The summed E-state index contributed by atoms with van der Waals surface area (Å²) in [5, 5.41) is 23.5. The van der Waals surface area contributed by atoms with Crippen molar-refractivity contribution < 1.29 is 14.9 Å². The third-order valence-corrected chi connectivity index (χ3v) is 3.59. The lowest BCUT2D eigenvalue weighted by Gasteiger charge is -2.33. The fraction of sp³-hybridized carbons (Fsp3) is 1.00. The Labute approximate surface area is 104 Å². The van der Waals surface area contributed by atoms with Gasteiger partial charge in [0.1, 0.15) is 0 Å². The molecule has 1 aliphatic rings. The molecule has 0 aliphatic heterocycles. The molecule has 0 aromatic rings. The number of hydrogen-bond acceptors (Lipinski definition) is 4. The third kappa shape index (κ3) is 5.82. The van der Waals surface area contributed by atoms with E-state index in [1.807, 2.05) is 0 Å².